The van der Waals surface area contributed by atoms with Crippen molar-refractivity contribution >= 4 is 50.8 Å². The molecule has 0 atom stereocenters. The number of methoxy groups -OCH3 is 1. The van der Waals surface area contributed by atoms with Crippen LogP contribution in [0.2, 0.25) is 0 Å². The van der Waals surface area contributed by atoms with Gasteiger partial charge in [-0.25, -0.2) is 4.98 Å². The zero-order valence-corrected chi connectivity index (χ0v) is 20.3. The number of aryl methyl sites for hydroxylation is 2. The monoisotopic (exact) mass is 481 g/mol. The first-order valence-corrected chi connectivity index (χ1v) is 11.5. The second kappa shape index (κ2) is 9.19. The van der Waals surface area contributed by atoms with Crippen LogP contribution in [0.3, 0.4) is 0 Å². The number of rotatable bonds is 4. The largest absolute Gasteiger partial charge is 0.496 e. The van der Waals surface area contributed by atoms with Crippen LogP contribution in [-0.4, -0.2) is 23.1 Å². The molecule has 0 aliphatic rings. The smallest absolute Gasteiger partial charge is 0.261 e. The van der Waals surface area contributed by atoms with E-state index in [9.17, 15) is 4.79 Å². The van der Waals surface area contributed by atoms with Crippen LogP contribution >= 0.6 is 12.2 Å². The summed E-state index contributed by atoms with van der Waals surface area (Å²) >= 11 is 5.39. The molecule has 0 bridgehead atoms. The fourth-order valence-electron chi connectivity index (χ4n) is 3.90. The predicted octanol–water partition coefficient (Wildman–Crippen LogP) is 6.40. The van der Waals surface area contributed by atoms with Crippen molar-refractivity contribution in [3.05, 3.63) is 89.5 Å². The summed E-state index contributed by atoms with van der Waals surface area (Å²) < 4.78 is 11.4. The van der Waals surface area contributed by atoms with Crippen LogP contribution in [0.25, 0.3) is 33.3 Å². The topological polar surface area (TPSA) is 76.4 Å². The van der Waals surface area contributed by atoms with Crippen LogP contribution in [0, 0.1) is 13.8 Å². The molecule has 5 rings (SSSR count). The minimum absolute atomic E-state index is 0.169. The van der Waals surface area contributed by atoms with Crippen LogP contribution in [-0.2, 0) is 0 Å². The highest BCUT2D eigenvalue weighted by molar-refractivity contribution is 7.80. The van der Waals surface area contributed by atoms with Gasteiger partial charge in [-0.3, -0.25) is 10.1 Å². The molecule has 0 aliphatic heterocycles. The molecule has 174 valence electrons. The maximum absolute atomic E-state index is 12.9. The summed E-state index contributed by atoms with van der Waals surface area (Å²) in [5.41, 5.74) is 5.76. The van der Waals surface area contributed by atoms with Crippen molar-refractivity contribution in [2.45, 2.75) is 13.8 Å². The van der Waals surface area contributed by atoms with Gasteiger partial charge in [0.05, 0.1) is 12.7 Å². The van der Waals surface area contributed by atoms with Gasteiger partial charge in [0.25, 0.3) is 5.91 Å². The van der Waals surface area contributed by atoms with Crippen LogP contribution in [0.5, 0.6) is 5.75 Å². The molecule has 5 aromatic rings. The summed E-state index contributed by atoms with van der Waals surface area (Å²) in [7, 11) is 1.54. The van der Waals surface area contributed by atoms with E-state index in [2.05, 4.69) is 41.6 Å². The van der Waals surface area contributed by atoms with Gasteiger partial charge in [0, 0.05) is 11.3 Å². The van der Waals surface area contributed by atoms with Crippen molar-refractivity contribution in [1.82, 2.24) is 10.3 Å². The van der Waals surface area contributed by atoms with E-state index in [-0.39, 0.29) is 11.0 Å². The van der Waals surface area contributed by atoms with Crippen LogP contribution < -0.4 is 15.4 Å². The number of thiocarbonyl (C=S) groups is 1. The van der Waals surface area contributed by atoms with Gasteiger partial charge in [-0.2, -0.15) is 0 Å². The number of nitrogens with zero attached hydrogens (tertiary/aromatic N) is 1. The average molecular weight is 482 g/mol. The Kier molecular flexibility index (Phi) is 5.93. The van der Waals surface area contributed by atoms with Crippen LogP contribution in [0.1, 0.15) is 21.5 Å². The lowest BCUT2D eigenvalue weighted by Crippen LogP contribution is -2.34. The quantitative estimate of drug-likeness (QED) is 0.289. The number of hydrogen-bond donors (Lipinski definition) is 2. The van der Waals surface area contributed by atoms with Crippen molar-refractivity contribution in [3.63, 3.8) is 0 Å². The van der Waals surface area contributed by atoms with Crippen molar-refractivity contribution in [2.75, 3.05) is 12.4 Å². The van der Waals surface area contributed by atoms with E-state index in [4.69, 9.17) is 21.4 Å². The molecule has 0 spiro atoms. The maximum Gasteiger partial charge on any atom is 0.261 e. The van der Waals surface area contributed by atoms with Gasteiger partial charge in [-0.05, 0) is 90.4 Å². The Morgan fingerprint density at radius 2 is 1.71 bits per heavy atom. The van der Waals surface area contributed by atoms with Crippen LogP contribution in [0.15, 0.2) is 77.2 Å². The molecule has 0 saturated carbocycles. The van der Waals surface area contributed by atoms with E-state index in [0.29, 0.717) is 34.0 Å². The molecular weight excluding hydrogens is 458 g/mol. The number of carbonyl (C=O) groups excluding carboxylic acids is 1. The first kappa shape index (κ1) is 22.6. The van der Waals surface area contributed by atoms with Crippen molar-refractivity contribution < 1.29 is 13.9 Å². The highest BCUT2D eigenvalue weighted by atomic mass is 32.1. The highest BCUT2D eigenvalue weighted by Gasteiger charge is 2.16. The first-order chi connectivity index (χ1) is 16.9. The van der Waals surface area contributed by atoms with E-state index < -0.39 is 0 Å². The number of ether oxygens (including phenoxy) is 1. The predicted molar refractivity (Wildman–Crippen MR) is 143 cm³/mol. The molecule has 1 aromatic heterocycles. The van der Waals surface area contributed by atoms with E-state index in [1.807, 2.05) is 54.6 Å². The standard InChI is InChI=1S/C28H23N3O3S/c1-16-8-9-20(12-17(16)2)27-30-23-15-21(10-11-24(23)34-27)29-28(35)31-26(32)22-13-18-6-4-5-7-19(18)14-25(22)33-3/h4-15H,1-3H3,(H2,29,31,32,35). The van der Waals surface area contributed by atoms with E-state index >= 15 is 0 Å². The minimum atomic E-state index is -0.357. The van der Waals surface area contributed by atoms with Crippen LogP contribution in [0.4, 0.5) is 5.69 Å². The van der Waals surface area contributed by atoms with Gasteiger partial charge in [0.2, 0.25) is 5.89 Å². The number of amides is 1. The van der Waals surface area contributed by atoms with Gasteiger partial charge < -0.3 is 14.5 Å². The molecule has 0 radical (unpaired) electrons. The number of hydrogen-bond acceptors (Lipinski definition) is 5. The molecule has 6 nitrogen and oxygen atoms in total. The van der Waals surface area contributed by atoms with Gasteiger partial charge in [-0.15, -0.1) is 0 Å². The van der Waals surface area contributed by atoms with Crippen molar-refractivity contribution in [1.29, 1.82) is 0 Å². The van der Waals surface area contributed by atoms with Gasteiger partial charge in [-0.1, -0.05) is 30.3 Å². The third kappa shape index (κ3) is 4.58. The van der Waals surface area contributed by atoms with Gasteiger partial charge in [0.15, 0.2) is 10.7 Å². The summed E-state index contributed by atoms with van der Waals surface area (Å²) in [4.78, 5) is 17.6. The Morgan fingerprint density at radius 1 is 0.943 bits per heavy atom. The Balaban J connectivity index is 1.33. The van der Waals surface area contributed by atoms with Gasteiger partial charge in [0.1, 0.15) is 11.3 Å². The fraction of sp³-hybridized carbons (Fsp3) is 0.107. The van der Waals surface area contributed by atoms with E-state index in [1.54, 1.807) is 6.07 Å². The lowest BCUT2D eigenvalue weighted by molar-refractivity contribution is 0.0975. The Labute approximate surface area is 207 Å². The Morgan fingerprint density at radius 3 is 2.46 bits per heavy atom. The molecule has 0 unspecified atom stereocenters. The number of fused-ring (bicyclic) bond motifs is 2. The number of aromatic nitrogens is 1. The molecule has 7 heteroatoms. The fourth-order valence-corrected chi connectivity index (χ4v) is 4.11. The number of nitrogens with one attached hydrogen (secondary N) is 2. The zero-order valence-electron chi connectivity index (χ0n) is 19.5. The molecule has 35 heavy (non-hydrogen) atoms. The molecule has 1 heterocycles. The average Bonchev–Trinajstić information content (AvgIpc) is 3.28. The van der Waals surface area contributed by atoms with Gasteiger partial charge >= 0.3 is 0 Å². The molecule has 0 aliphatic carbocycles. The summed E-state index contributed by atoms with van der Waals surface area (Å²) in [6.07, 6.45) is 0. The highest BCUT2D eigenvalue weighted by Crippen LogP contribution is 2.28. The lowest BCUT2D eigenvalue weighted by Gasteiger charge is -2.12. The molecule has 1 amide bonds. The third-order valence-electron chi connectivity index (χ3n) is 5.94. The third-order valence-corrected chi connectivity index (χ3v) is 6.14. The Hall–Kier alpha value is -4.23. The number of oxazole rings is 1. The second-order valence-corrected chi connectivity index (χ2v) is 8.72. The summed E-state index contributed by atoms with van der Waals surface area (Å²) in [5.74, 6) is 0.677. The van der Waals surface area contributed by atoms with E-state index in [1.165, 1.54) is 18.2 Å². The van der Waals surface area contributed by atoms with Crippen molar-refractivity contribution in [2.24, 2.45) is 0 Å². The lowest BCUT2D eigenvalue weighted by atomic mass is 10.1. The summed E-state index contributed by atoms with van der Waals surface area (Å²) in [5, 5.41) is 7.88. The normalized spacial score (nSPS) is 10.9. The second-order valence-electron chi connectivity index (χ2n) is 8.31. The molecule has 0 saturated heterocycles. The first-order valence-electron chi connectivity index (χ1n) is 11.1. The number of benzene rings is 4. The summed E-state index contributed by atoms with van der Waals surface area (Å²) in [6.45, 7) is 4.13. The van der Waals surface area contributed by atoms with E-state index in [0.717, 1.165) is 16.3 Å². The molecule has 4 aromatic carbocycles. The summed E-state index contributed by atoms with van der Waals surface area (Å²) in [6, 6.07) is 23.0. The number of carbonyl (C=O) groups is 1. The SMILES string of the molecule is COc1cc2ccccc2cc1C(=O)NC(=S)Nc1ccc2oc(-c3ccc(C)c(C)c3)nc2c1. The number of anilines is 1. The maximum atomic E-state index is 12.9. The molecule has 0 fully saturated rings. The zero-order chi connectivity index (χ0) is 24.5. The molecular formula is C28H23N3O3S. The molecule has 2 N–H and O–H groups in total. The Bertz CT molecular complexity index is 1610. The van der Waals surface area contributed by atoms with Crippen molar-refractivity contribution in [3.8, 4) is 17.2 Å². The minimum Gasteiger partial charge on any atom is -0.496 e.